The molecule has 0 heterocycles. The topological polar surface area (TPSA) is 122 Å². The van der Waals surface area contributed by atoms with Crippen LogP contribution in [0, 0.1) is 10.1 Å². The number of hydrogen-bond acceptors (Lipinski definition) is 6. The summed E-state index contributed by atoms with van der Waals surface area (Å²) in [6, 6.07) is 4.25. The van der Waals surface area contributed by atoms with E-state index >= 15 is 0 Å². The second-order valence-corrected chi connectivity index (χ2v) is 5.75. The molecule has 1 aromatic rings. The van der Waals surface area contributed by atoms with Gasteiger partial charge in [0.25, 0.3) is 0 Å². The van der Waals surface area contributed by atoms with E-state index in [-0.39, 0.29) is 23.8 Å². The summed E-state index contributed by atoms with van der Waals surface area (Å²) in [5, 5.41) is 15.7. The molecule has 0 saturated heterocycles. The highest BCUT2D eigenvalue weighted by atomic mass is 32.2. The van der Waals surface area contributed by atoms with Gasteiger partial charge in [-0.2, -0.15) is 0 Å². The standard InChI is InChI=1S/C11H16N2O6S/c1-18-9-4-5-11(10(8-9)13(14)15)19-6-2-3-7-20(12,16)17/h4-5,8H,2-3,6-7H2,1H3,(H2,12,16,17). The zero-order valence-electron chi connectivity index (χ0n) is 10.9. The summed E-state index contributed by atoms with van der Waals surface area (Å²) in [6.07, 6.45) is 0.766. The largest absolute Gasteiger partial charge is 0.496 e. The van der Waals surface area contributed by atoms with Gasteiger partial charge < -0.3 is 9.47 Å². The lowest BCUT2D eigenvalue weighted by Gasteiger charge is -2.07. The molecule has 1 rings (SSSR count). The maximum absolute atomic E-state index is 10.9. The molecule has 0 amide bonds. The maximum atomic E-state index is 10.9. The van der Waals surface area contributed by atoms with Gasteiger partial charge in [0.05, 0.1) is 30.5 Å². The van der Waals surface area contributed by atoms with Crippen molar-refractivity contribution >= 4 is 15.7 Å². The summed E-state index contributed by atoms with van der Waals surface area (Å²) in [5.41, 5.74) is -0.198. The molecule has 0 aromatic heterocycles. The molecule has 8 nitrogen and oxygen atoms in total. The van der Waals surface area contributed by atoms with Gasteiger partial charge >= 0.3 is 5.69 Å². The Morgan fingerprint density at radius 2 is 2.05 bits per heavy atom. The molecule has 9 heteroatoms. The minimum atomic E-state index is -3.48. The van der Waals surface area contributed by atoms with Crippen molar-refractivity contribution in [2.24, 2.45) is 5.14 Å². The van der Waals surface area contributed by atoms with Gasteiger partial charge in [-0.05, 0) is 25.0 Å². The first-order valence-electron chi connectivity index (χ1n) is 5.79. The molecule has 0 unspecified atom stereocenters. The van der Waals surface area contributed by atoms with E-state index in [2.05, 4.69) is 0 Å². The molecule has 0 fully saturated rings. The van der Waals surface area contributed by atoms with Gasteiger partial charge in [0.15, 0.2) is 5.75 Å². The number of nitrogens with zero attached hydrogens (tertiary/aromatic N) is 1. The van der Waals surface area contributed by atoms with Crippen LogP contribution in [0.2, 0.25) is 0 Å². The van der Waals surface area contributed by atoms with E-state index in [9.17, 15) is 18.5 Å². The van der Waals surface area contributed by atoms with Crippen molar-refractivity contribution in [1.82, 2.24) is 0 Å². The third-order valence-corrected chi connectivity index (χ3v) is 3.30. The molecular formula is C11H16N2O6S. The Morgan fingerprint density at radius 1 is 1.35 bits per heavy atom. The van der Waals surface area contributed by atoms with Gasteiger partial charge in [0.2, 0.25) is 10.0 Å². The van der Waals surface area contributed by atoms with Crippen LogP contribution in [0.5, 0.6) is 11.5 Å². The maximum Gasteiger partial charge on any atom is 0.314 e. The Balaban J connectivity index is 2.57. The van der Waals surface area contributed by atoms with Crippen LogP contribution in [-0.2, 0) is 10.0 Å². The van der Waals surface area contributed by atoms with Gasteiger partial charge in [-0.1, -0.05) is 0 Å². The third kappa shape index (κ3) is 5.41. The van der Waals surface area contributed by atoms with Crippen molar-refractivity contribution in [3.8, 4) is 11.5 Å². The highest BCUT2D eigenvalue weighted by molar-refractivity contribution is 7.89. The van der Waals surface area contributed by atoms with E-state index in [0.29, 0.717) is 18.6 Å². The average Bonchev–Trinajstić information content (AvgIpc) is 2.37. The summed E-state index contributed by atoms with van der Waals surface area (Å²) in [4.78, 5) is 10.3. The molecule has 0 aliphatic heterocycles. The quantitative estimate of drug-likeness (QED) is 0.435. The monoisotopic (exact) mass is 304 g/mol. The van der Waals surface area contributed by atoms with Crippen LogP contribution in [-0.4, -0.2) is 32.8 Å². The number of sulfonamides is 1. The first-order valence-corrected chi connectivity index (χ1v) is 7.51. The fourth-order valence-corrected chi connectivity index (χ4v) is 2.08. The molecule has 0 aliphatic rings. The smallest absolute Gasteiger partial charge is 0.314 e. The van der Waals surface area contributed by atoms with Gasteiger partial charge in [-0.15, -0.1) is 0 Å². The zero-order chi connectivity index (χ0) is 15.2. The SMILES string of the molecule is COc1ccc(OCCCCS(N)(=O)=O)c([N+](=O)[O-])c1. The second kappa shape index (κ2) is 7.06. The molecule has 0 atom stereocenters. The Kier molecular flexibility index (Phi) is 5.71. The molecule has 0 bridgehead atoms. The molecule has 0 saturated carbocycles. The number of rotatable bonds is 8. The summed E-state index contributed by atoms with van der Waals surface area (Å²) in [5.74, 6) is 0.339. The number of primary sulfonamides is 1. The number of unbranched alkanes of at least 4 members (excludes halogenated alkanes) is 1. The lowest BCUT2D eigenvalue weighted by atomic mass is 10.2. The first kappa shape index (κ1) is 16.2. The van der Waals surface area contributed by atoms with Gasteiger partial charge in [-0.25, -0.2) is 13.6 Å². The highest BCUT2D eigenvalue weighted by Crippen LogP contribution is 2.31. The van der Waals surface area contributed by atoms with E-state index in [1.165, 1.54) is 19.2 Å². The lowest BCUT2D eigenvalue weighted by molar-refractivity contribution is -0.385. The number of nitro benzene ring substituents is 1. The fourth-order valence-electron chi connectivity index (χ4n) is 1.48. The molecule has 1 aromatic carbocycles. The Bertz CT molecular complexity index is 572. The summed E-state index contributed by atoms with van der Waals surface area (Å²) >= 11 is 0. The van der Waals surface area contributed by atoms with E-state index < -0.39 is 14.9 Å². The predicted octanol–water partition coefficient (Wildman–Crippen LogP) is 1.05. The van der Waals surface area contributed by atoms with E-state index in [0.717, 1.165) is 0 Å². The zero-order valence-corrected chi connectivity index (χ0v) is 11.8. The summed E-state index contributed by atoms with van der Waals surface area (Å²) in [6.45, 7) is 0.169. The number of nitrogens with two attached hydrogens (primary N) is 1. The minimum absolute atomic E-state index is 0.117. The minimum Gasteiger partial charge on any atom is -0.496 e. The third-order valence-electron chi connectivity index (χ3n) is 2.44. The first-order chi connectivity index (χ1) is 9.33. The number of hydrogen-bond donors (Lipinski definition) is 1. The normalized spacial score (nSPS) is 11.1. The van der Waals surface area contributed by atoms with Crippen LogP contribution in [0.4, 0.5) is 5.69 Å². The van der Waals surface area contributed by atoms with Crippen LogP contribution >= 0.6 is 0 Å². The van der Waals surface area contributed by atoms with Crippen molar-refractivity contribution in [3.05, 3.63) is 28.3 Å². The van der Waals surface area contributed by atoms with Crippen molar-refractivity contribution in [2.75, 3.05) is 19.5 Å². The van der Waals surface area contributed by atoms with Gasteiger partial charge in [0, 0.05) is 0 Å². The molecule has 0 aliphatic carbocycles. The van der Waals surface area contributed by atoms with Crippen LogP contribution in [0.1, 0.15) is 12.8 Å². The van der Waals surface area contributed by atoms with Crippen LogP contribution in [0.25, 0.3) is 0 Å². The molecule has 0 spiro atoms. The molecule has 20 heavy (non-hydrogen) atoms. The van der Waals surface area contributed by atoms with Gasteiger partial charge in [0.1, 0.15) is 5.75 Å². The highest BCUT2D eigenvalue weighted by Gasteiger charge is 2.16. The average molecular weight is 304 g/mol. The summed E-state index contributed by atoms with van der Waals surface area (Å²) in [7, 11) is -2.07. The number of nitro groups is 1. The number of benzene rings is 1. The molecule has 2 N–H and O–H groups in total. The number of methoxy groups -OCH3 is 1. The van der Waals surface area contributed by atoms with Crippen molar-refractivity contribution in [2.45, 2.75) is 12.8 Å². The van der Waals surface area contributed by atoms with Crippen LogP contribution in [0.15, 0.2) is 18.2 Å². The van der Waals surface area contributed by atoms with Crippen LogP contribution in [0.3, 0.4) is 0 Å². The Morgan fingerprint density at radius 3 is 2.60 bits per heavy atom. The Hall–Kier alpha value is -1.87. The van der Waals surface area contributed by atoms with E-state index in [1.807, 2.05) is 0 Å². The second-order valence-electron chi connectivity index (χ2n) is 4.01. The Labute approximate surface area is 116 Å². The summed E-state index contributed by atoms with van der Waals surface area (Å²) < 4.78 is 31.6. The number of ether oxygens (including phenoxy) is 2. The van der Waals surface area contributed by atoms with E-state index in [1.54, 1.807) is 6.07 Å². The van der Waals surface area contributed by atoms with E-state index in [4.69, 9.17) is 14.6 Å². The van der Waals surface area contributed by atoms with Crippen molar-refractivity contribution in [1.29, 1.82) is 0 Å². The van der Waals surface area contributed by atoms with Gasteiger partial charge in [-0.3, -0.25) is 10.1 Å². The lowest BCUT2D eigenvalue weighted by Crippen LogP contribution is -2.16. The fraction of sp³-hybridized carbons (Fsp3) is 0.455. The molecule has 112 valence electrons. The van der Waals surface area contributed by atoms with Crippen molar-refractivity contribution in [3.63, 3.8) is 0 Å². The van der Waals surface area contributed by atoms with Crippen LogP contribution < -0.4 is 14.6 Å². The predicted molar refractivity (Wildman–Crippen MR) is 72.4 cm³/mol. The molecular weight excluding hydrogens is 288 g/mol. The molecule has 0 radical (unpaired) electrons. The van der Waals surface area contributed by atoms with Crippen molar-refractivity contribution < 1.29 is 22.8 Å².